The van der Waals surface area contributed by atoms with Crippen molar-refractivity contribution in [2.45, 2.75) is 25.7 Å². The molecule has 8 heteroatoms. The number of likely N-dealkylation sites (tertiary alicyclic amines) is 1. The zero-order valence-corrected chi connectivity index (χ0v) is 18.3. The molecule has 2 fully saturated rings. The molecule has 0 bridgehead atoms. The Morgan fingerprint density at radius 3 is 2.45 bits per heavy atom. The number of amides is 2. The summed E-state index contributed by atoms with van der Waals surface area (Å²) in [7, 11) is 0. The molecule has 2 N–H and O–H groups in total. The van der Waals surface area contributed by atoms with Gasteiger partial charge < -0.3 is 20.4 Å². The summed E-state index contributed by atoms with van der Waals surface area (Å²) in [6.07, 6.45) is 5.98. The van der Waals surface area contributed by atoms with Gasteiger partial charge in [0.1, 0.15) is 5.82 Å². The summed E-state index contributed by atoms with van der Waals surface area (Å²) in [4.78, 5) is 34.8. The molecule has 0 unspecified atom stereocenters. The molecule has 1 aromatic heterocycles. The number of nitrogens with zero attached hydrogens (tertiary/aromatic N) is 3. The minimum Gasteiger partial charge on any atom is -0.353 e. The highest BCUT2D eigenvalue weighted by Crippen LogP contribution is 2.25. The maximum Gasteiger partial charge on any atom is 0.257 e. The number of anilines is 2. The van der Waals surface area contributed by atoms with Gasteiger partial charge >= 0.3 is 0 Å². The first-order valence-electron chi connectivity index (χ1n) is 10.9. The van der Waals surface area contributed by atoms with Crippen LogP contribution in [0.5, 0.6) is 0 Å². The zero-order valence-electron chi connectivity index (χ0n) is 17.6. The van der Waals surface area contributed by atoms with E-state index in [1.54, 1.807) is 36.5 Å². The van der Waals surface area contributed by atoms with Crippen LogP contribution >= 0.6 is 11.6 Å². The number of aromatic nitrogens is 1. The zero-order chi connectivity index (χ0) is 21.6. The van der Waals surface area contributed by atoms with Gasteiger partial charge in [-0.25, -0.2) is 4.98 Å². The van der Waals surface area contributed by atoms with Gasteiger partial charge in [0.2, 0.25) is 0 Å². The third kappa shape index (κ3) is 5.35. The fourth-order valence-electron chi connectivity index (χ4n) is 4.09. The average molecular weight is 442 g/mol. The Morgan fingerprint density at radius 2 is 1.74 bits per heavy atom. The Kier molecular flexibility index (Phi) is 7.04. The van der Waals surface area contributed by atoms with E-state index in [0.29, 0.717) is 27.7 Å². The van der Waals surface area contributed by atoms with Crippen molar-refractivity contribution in [2.75, 3.05) is 49.5 Å². The average Bonchev–Trinajstić information content (AvgIpc) is 3.09. The van der Waals surface area contributed by atoms with E-state index >= 15 is 0 Å². The van der Waals surface area contributed by atoms with E-state index in [1.165, 1.54) is 0 Å². The number of carbonyl (C=O) groups excluding carboxylic acids is 2. The van der Waals surface area contributed by atoms with Crippen molar-refractivity contribution in [2.24, 2.45) is 0 Å². The first-order valence-corrected chi connectivity index (χ1v) is 11.3. The number of piperazine rings is 1. The third-order valence-electron chi connectivity index (χ3n) is 5.75. The Morgan fingerprint density at radius 1 is 1.00 bits per heavy atom. The highest BCUT2D eigenvalue weighted by atomic mass is 35.5. The molecule has 31 heavy (non-hydrogen) atoms. The van der Waals surface area contributed by atoms with Crippen LogP contribution in [0, 0.1) is 0 Å². The van der Waals surface area contributed by atoms with Gasteiger partial charge in [0, 0.05) is 49.9 Å². The molecule has 2 aliphatic heterocycles. The van der Waals surface area contributed by atoms with Gasteiger partial charge in [0.25, 0.3) is 11.8 Å². The lowest BCUT2D eigenvalue weighted by Gasteiger charge is -2.31. The molecular weight excluding hydrogens is 414 g/mol. The van der Waals surface area contributed by atoms with E-state index in [2.05, 4.69) is 20.5 Å². The molecule has 164 valence electrons. The van der Waals surface area contributed by atoms with Crippen LogP contribution in [-0.2, 0) is 0 Å². The molecule has 0 aliphatic carbocycles. The van der Waals surface area contributed by atoms with E-state index < -0.39 is 0 Å². The summed E-state index contributed by atoms with van der Waals surface area (Å²) in [6, 6.07) is 8.53. The van der Waals surface area contributed by atoms with Crippen LogP contribution in [0.15, 0.2) is 36.5 Å². The molecule has 7 nitrogen and oxygen atoms in total. The molecule has 2 aromatic rings. The van der Waals surface area contributed by atoms with Gasteiger partial charge in [-0.05, 0) is 37.1 Å². The quantitative estimate of drug-likeness (QED) is 0.760. The molecular formula is C23H28ClN5O2. The third-order valence-corrected chi connectivity index (χ3v) is 5.99. The summed E-state index contributed by atoms with van der Waals surface area (Å²) in [6.45, 7) is 4.82. The van der Waals surface area contributed by atoms with E-state index in [1.807, 2.05) is 4.90 Å². The van der Waals surface area contributed by atoms with Crippen molar-refractivity contribution >= 4 is 34.9 Å². The Labute approximate surface area is 187 Å². The molecule has 1 aromatic carbocycles. The van der Waals surface area contributed by atoms with E-state index in [0.717, 1.165) is 65.0 Å². The van der Waals surface area contributed by atoms with Gasteiger partial charge in [-0.3, -0.25) is 9.59 Å². The second-order valence-corrected chi connectivity index (χ2v) is 8.44. The molecule has 4 rings (SSSR count). The number of benzene rings is 1. The molecule has 3 heterocycles. The van der Waals surface area contributed by atoms with Crippen molar-refractivity contribution < 1.29 is 9.59 Å². The predicted octanol–water partition coefficient (Wildman–Crippen LogP) is 3.41. The number of halogens is 1. The van der Waals surface area contributed by atoms with Gasteiger partial charge in [-0.1, -0.05) is 30.5 Å². The van der Waals surface area contributed by atoms with E-state index in [9.17, 15) is 9.59 Å². The number of hydrogen-bond acceptors (Lipinski definition) is 5. The highest BCUT2D eigenvalue weighted by Gasteiger charge is 2.25. The lowest BCUT2D eigenvalue weighted by Crippen LogP contribution is -2.45. The van der Waals surface area contributed by atoms with Crippen LogP contribution in [0.3, 0.4) is 0 Å². The normalized spacial score (nSPS) is 17.2. The van der Waals surface area contributed by atoms with Crippen LogP contribution in [0.4, 0.5) is 11.5 Å². The summed E-state index contributed by atoms with van der Waals surface area (Å²) in [5, 5.41) is 6.69. The summed E-state index contributed by atoms with van der Waals surface area (Å²) in [5.41, 5.74) is 1.51. The number of nitrogens with one attached hydrogen (secondary N) is 2. The van der Waals surface area contributed by atoms with Crippen molar-refractivity contribution in [3.8, 4) is 0 Å². The summed E-state index contributed by atoms with van der Waals surface area (Å²) in [5.74, 6) is 0.394. The lowest BCUT2D eigenvalue weighted by atomic mass is 10.1. The predicted molar refractivity (Wildman–Crippen MR) is 123 cm³/mol. The second-order valence-electron chi connectivity index (χ2n) is 8.00. The minimum absolute atomic E-state index is 0.0122. The Balaban J connectivity index is 1.62. The SMILES string of the molecule is O=C(Nc1cnc(N2CCNCC2)c(C(=O)N2CCCCCC2)c1)c1cccc(Cl)c1. The van der Waals surface area contributed by atoms with Crippen molar-refractivity contribution in [3.05, 3.63) is 52.7 Å². The molecule has 2 amide bonds. The first kappa shape index (κ1) is 21.6. The van der Waals surface area contributed by atoms with Crippen LogP contribution in [0.2, 0.25) is 5.02 Å². The summed E-state index contributed by atoms with van der Waals surface area (Å²) < 4.78 is 0. The number of carbonyl (C=O) groups is 2. The number of rotatable bonds is 4. The van der Waals surface area contributed by atoms with Crippen molar-refractivity contribution in [1.82, 2.24) is 15.2 Å². The van der Waals surface area contributed by atoms with E-state index in [-0.39, 0.29) is 11.8 Å². The lowest BCUT2D eigenvalue weighted by molar-refractivity contribution is 0.0761. The summed E-state index contributed by atoms with van der Waals surface area (Å²) >= 11 is 6.01. The number of hydrogen-bond donors (Lipinski definition) is 2. The first-order chi connectivity index (χ1) is 15.1. The molecule has 2 aliphatic rings. The fraction of sp³-hybridized carbons (Fsp3) is 0.435. The van der Waals surface area contributed by atoms with Crippen LogP contribution in [0.1, 0.15) is 46.4 Å². The maximum absolute atomic E-state index is 13.5. The van der Waals surface area contributed by atoms with Gasteiger partial charge in [0.05, 0.1) is 17.4 Å². The largest absolute Gasteiger partial charge is 0.353 e. The molecule has 2 saturated heterocycles. The minimum atomic E-state index is -0.285. The molecule has 0 atom stereocenters. The maximum atomic E-state index is 13.5. The van der Waals surface area contributed by atoms with Gasteiger partial charge in [-0.15, -0.1) is 0 Å². The van der Waals surface area contributed by atoms with Crippen molar-refractivity contribution in [1.29, 1.82) is 0 Å². The standard InChI is InChI=1S/C23H28ClN5O2/c24-18-7-5-6-17(14-18)22(30)27-19-15-20(23(31)29-10-3-1-2-4-11-29)21(26-16-19)28-12-8-25-9-13-28/h5-7,14-16,25H,1-4,8-13H2,(H,27,30). The fourth-order valence-corrected chi connectivity index (χ4v) is 4.28. The smallest absolute Gasteiger partial charge is 0.257 e. The van der Waals surface area contributed by atoms with Crippen molar-refractivity contribution in [3.63, 3.8) is 0 Å². The molecule has 0 radical (unpaired) electrons. The van der Waals surface area contributed by atoms with Crippen LogP contribution in [0.25, 0.3) is 0 Å². The Hall–Kier alpha value is -2.64. The number of pyridine rings is 1. The topological polar surface area (TPSA) is 77.6 Å². The molecule has 0 spiro atoms. The highest BCUT2D eigenvalue weighted by molar-refractivity contribution is 6.31. The van der Waals surface area contributed by atoms with Gasteiger partial charge in [0.15, 0.2) is 0 Å². The Bertz CT molecular complexity index is 937. The van der Waals surface area contributed by atoms with Crippen LogP contribution < -0.4 is 15.5 Å². The monoisotopic (exact) mass is 441 g/mol. The molecule has 0 saturated carbocycles. The second kappa shape index (κ2) is 10.1. The van der Waals surface area contributed by atoms with Crippen LogP contribution in [-0.4, -0.2) is 61.0 Å². The van der Waals surface area contributed by atoms with Gasteiger partial charge in [-0.2, -0.15) is 0 Å². The van der Waals surface area contributed by atoms with E-state index in [4.69, 9.17) is 11.6 Å².